The predicted molar refractivity (Wildman–Crippen MR) is 52.4 cm³/mol. The van der Waals surface area contributed by atoms with Crippen molar-refractivity contribution in [3.05, 3.63) is 0 Å². The third kappa shape index (κ3) is 6.02. The number of aliphatic carboxylic acids is 1. The van der Waals surface area contributed by atoms with Crippen LogP contribution < -0.4 is 10.5 Å². The van der Waals surface area contributed by atoms with Crippen molar-refractivity contribution in [2.75, 3.05) is 5.75 Å². The highest BCUT2D eigenvalue weighted by Crippen LogP contribution is 1.99. The van der Waals surface area contributed by atoms with Crippen molar-refractivity contribution in [1.82, 2.24) is 4.72 Å². The lowest BCUT2D eigenvalue weighted by Crippen LogP contribution is -2.42. The van der Waals surface area contributed by atoms with Gasteiger partial charge in [0.15, 0.2) is 0 Å². The van der Waals surface area contributed by atoms with E-state index >= 15 is 0 Å². The first-order valence-corrected chi connectivity index (χ1v) is 5.95. The minimum Gasteiger partial charge on any atom is -0.480 e. The largest absolute Gasteiger partial charge is 0.480 e. The van der Waals surface area contributed by atoms with Crippen LogP contribution in [0.2, 0.25) is 0 Å². The smallest absolute Gasteiger partial charge is 0.321 e. The van der Waals surface area contributed by atoms with Crippen LogP contribution in [0.4, 0.5) is 0 Å². The van der Waals surface area contributed by atoms with Crippen LogP contribution in [0.15, 0.2) is 0 Å². The van der Waals surface area contributed by atoms with Crippen LogP contribution in [0.1, 0.15) is 19.8 Å². The van der Waals surface area contributed by atoms with Crippen LogP contribution in [0.5, 0.6) is 0 Å². The molecule has 4 N–H and O–H groups in total. The maximum Gasteiger partial charge on any atom is 0.321 e. The Morgan fingerprint density at radius 3 is 2.33 bits per heavy atom. The number of carbonyl (C=O) groups excluding carboxylic acids is 1. The number of hydrogen-bond donors (Lipinski definition) is 3. The Balaban J connectivity index is 4.42. The van der Waals surface area contributed by atoms with Crippen LogP contribution >= 0.6 is 0 Å². The van der Waals surface area contributed by atoms with Gasteiger partial charge in [-0.25, -0.2) is 13.1 Å². The number of sulfonamides is 1. The highest BCUT2D eigenvalue weighted by atomic mass is 32.2. The van der Waals surface area contributed by atoms with Crippen molar-refractivity contribution in [1.29, 1.82) is 0 Å². The Hall–Kier alpha value is -1.15. The summed E-state index contributed by atoms with van der Waals surface area (Å²) in [4.78, 5) is 21.0. The van der Waals surface area contributed by atoms with E-state index < -0.39 is 27.9 Å². The fourth-order valence-electron chi connectivity index (χ4n) is 0.819. The molecule has 1 amide bonds. The highest BCUT2D eigenvalue weighted by Gasteiger charge is 2.22. The summed E-state index contributed by atoms with van der Waals surface area (Å²) in [5, 5.41) is 8.67. The fraction of sp³-hybridized carbons (Fsp3) is 0.714. The van der Waals surface area contributed by atoms with Crippen molar-refractivity contribution in [2.24, 2.45) is 5.73 Å². The molecule has 8 heteroatoms. The Kier molecular flexibility index (Phi) is 5.23. The summed E-state index contributed by atoms with van der Waals surface area (Å²) in [6.45, 7) is 1.38. The van der Waals surface area contributed by atoms with Gasteiger partial charge >= 0.3 is 5.97 Å². The molecule has 0 fully saturated rings. The van der Waals surface area contributed by atoms with Gasteiger partial charge in [0.2, 0.25) is 15.9 Å². The van der Waals surface area contributed by atoms with Crippen LogP contribution in [0.25, 0.3) is 0 Å². The van der Waals surface area contributed by atoms with E-state index in [9.17, 15) is 18.0 Å². The molecule has 0 aliphatic heterocycles. The summed E-state index contributed by atoms with van der Waals surface area (Å²) in [7, 11) is -3.59. The van der Waals surface area contributed by atoms with Gasteiger partial charge in [-0.15, -0.1) is 0 Å². The topological polar surface area (TPSA) is 127 Å². The maximum absolute atomic E-state index is 11.1. The van der Waals surface area contributed by atoms with Crippen LogP contribution in [0.3, 0.4) is 0 Å². The molecule has 1 atom stereocenters. The number of primary amides is 1. The van der Waals surface area contributed by atoms with Crippen molar-refractivity contribution in [2.45, 2.75) is 25.8 Å². The van der Waals surface area contributed by atoms with Gasteiger partial charge in [-0.05, 0) is 13.3 Å². The lowest BCUT2D eigenvalue weighted by molar-refractivity contribution is -0.139. The van der Waals surface area contributed by atoms with Gasteiger partial charge in [0.25, 0.3) is 0 Å². The number of rotatable bonds is 7. The molecule has 0 spiro atoms. The highest BCUT2D eigenvalue weighted by molar-refractivity contribution is 7.89. The van der Waals surface area contributed by atoms with E-state index in [1.54, 1.807) is 0 Å². The number of nitrogens with one attached hydrogen (secondary N) is 1. The van der Waals surface area contributed by atoms with Crippen molar-refractivity contribution >= 4 is 21.9 Å². The predicted octanol–water partition coefficient (Wildman–Crippen LogP) is -1.36. The molecule has 0 rings (SSSR count). The van der Waals surface area contributed by atoms with Crippen LogP contribution in [0, 0.1) is 0 Å². The number of carbonyl (C=O) groups is 2. The molecule has 0 radical (unpaired) electrons. The maximum atomic E-state index is 11.1. The molecular formula is C7H14N2O5S. The molecule has 0 aliphatic rings. The Bertz CT molecular complexity index is 337. The molecular weight excluding hydrogens is 224 g/mol. The average Bonchev–Trinajstić information content (AvgIpc) is 2.11. The standard InChI is InChI=1S/C7H14N2O5S/c1-2-15(13,14)9-5(7(11)12)3-4-6(8)10/h5,9H,2-4H2,1H3,(H2,8,10)(H,11,12). The molecule has 0 aromatic heterocycles. The number of carboxylic acids is 1. The number of hydrogen-bond acceptors (Lipinski definition) is 4. The second-order valence-corrected chi connectivity index (χ2v) is 4.96. The number of carboxylic acid groups (broad SMARTS) is 1. The molecule has 0 aromatic carbocycles. The minimum atomic E-state index is -3.59. The van der Waals surface area contributed by atoms with Gasteiger partial charge < -0.3 is 10.8 Å². The quantitative estimate of drug-likeness (QED) is 0.505. The van der Waals surface area contributed by atoms with Gasteiger partial charge in [-0.3, -0.25) is 9.59 Å². The molecule has 0 aromatic rings. The van der Waals surface area contributed by atoms with E-state index in [0.29, 0.717) is 0 Å². The van der Waals surface area contributed by atoms with Crippen LogP contribution in [-0.4, -0.2) is 37.2 Å². The minimum absolute atomic E-state index is 0.149. The number of nitrogens with two attached hydrogens (primary N) is 1. The lowest BCUT2D eigenvalue weighted by Gasteiger charge is -2.12. The van der Waals surface area contributed by atoms with Gasteiger partial charge in [0.05, 0.1) is 5.75 Å². The monoisotopic (exact) mass is 238 g/mol. The van der Waals surface area contributed by atoms with Gasteiger partial charge in [0, 0.05) is 6.42 Å². The summed E-state index contributed by atoms with van der Waals surface area (Å²) in [6, 6.07) is -1.30. The molecule has 0 saturated heterocycles. The summed E-state index contributed by atoms with van der Waals surface area (Å²) in [6.07, 6.45) is -0.326. The van der Waals surface area contributed by atoms with Gasteiger partial charge in [-0.1, -0.05) is 0 Å². The van der Waals surface area contributed by atoms with E-state index in [-0.39, 0.29) is 18.6 Å². The van der Waals surface area contributed by atoms with E-state index in [0.717, 1.165) is 0 Å². The zero-order valence-corrected chi connectivity index (χ0v) is 9.08. The summed E-state index contributed by atoms with van der Waals surface area (Å²) in [5.74, 6) is -2.21. The third-order valence-corrected chi connectivity index (χ3v) is 3.08. The first kappa shape index (κ1) is 13.8. The molecule has 88 valence electrons. The van der Waals surface area contributed by atoms with E-state index in [4.69, 9.17) is 10.8 Å². The molecule has 0 aliphatic carbocycles. The zero-order chi connectivity index (χ0) is 12.1. The van der Waals surface area contributed by atoms with Crippen molar-refractivity contribution in [3.63, 3.8) is 0 Å². The van der Waals surface area contributed by atoms with Crippen molar-refractivity contribution < 1.29 is 23.1 Å². The summed E-state index contributed by atoms with van der Waals surface area (Å²) >= 11 is 0. The molecule has 1 unspecified atom stereocenters. The SMILES string of the molecule is CCS(=O)(=O)NC(CCC(N)=O)C(=O)O. The normalized spacial score (nSPS) is 13.4. The second kappa shape index (κ2) is 5.66. The third-order valence-electron chi connectivity index (χ3n) is 1.68. The Morgan fingerprint density at radius 1 is 1.47 bits per heavy atom. The van der Waals surface area contributed by atoms with Gasteiger partial charge in [-0.2, -0.15) is 0 Å². The molecule has 0 saturated carbocycles. The molecule has 15 heavy (non-hydrogen) atoms. The molecule has 0 bridgehead atoms. The Labute approximate surface area is 87.7 Å². The fourth-order valence-corrected chi connectivity index (χ4v) is 1.64. The van der Waals surface area contributed by atoms with Gasteiger partial charge in [0.1, 0.15) is 6.04 Å². The second-order valence-electron chi connectivity index (χ2n) is 2.92. The molecule has 7 nitrogen and oxygen atoms in total. The summed E-state index contributed by atoms with van der Waals surface area (Å²) < 4.78 is 24.1. The van der Waals surface area contributed by atoms with E-state index in [1.165, 1.54) is 6.92 Å². The van der Waals surface area contributed by atoms with E-state index in [1.807, 2.05) is 4.72 Å². The first-order chi connectivity index (χ1) is 6.78. The Morgan fingerprint density at radius 2 is 2.00 bits per heavy atom. The van der Waals surface area contributed by atoms with Crippen LogP contribution in [-0.2, 0) is 19.6 Å². The first-order valence-electron chi connectivity index (χ1n) is 4.29. The van der Waals surface area contributed by atoms with E-state index in [2.05, 4.69) is 0 Å². The average molecular weight is 238 g/mol. The molecule has 0 heterocycles. The summed E-state index contributed by atoms with van der Waals surface area (Å²) in [5.41, 5.74) is 4.83. The number of amides is 1. The lowest BCUT2D eigenvalue weighted by atomic mass is 10.2. The zero-order valence-electron chi connectivity index (χ0n) is 8.26. The van der Waals surface area contributed by atoms with Crippen molar-refractivity contribution in [3.8, 4) is 0 Å².